The van der Waals surface area contributed by atoms with Gasteiger partial charge in [0.2, 0.25) is 0 Å². The van der Waals surface area contributed by atoms with Crippen LogP contribution in [0.15, 0.2) is 103 Å². The molecule has 2 aliphatic carbocycles. The fourth-order valence-corrected chi connectivity index (χ4v) is 4.21. The summed E-state index contributed by atoms with van der Waals surface area (Å²) in [5.74, 6) is 0.489. The van der Waals surface area contributed by atoms with Crippen molar-refractivity contribution in [3.05, 3.63) is 136 Å². The molecule has 0 bridgehead atoms. The van der Waals surface area contributed by atoms with Gasteiger partial charge in [0.05, 0.1) is 0 Å². The Morgan fingerprint density at radius 3 is 1.74 bits per heavy atom. The Bertz CT molecular complexity index is 1460. The van der Waals surface area contributed by atoms with Crippen LogP contribution in [0.1, 0.15) is 54.2 Å². The quantitative estimate of drug-likeness (QED) is 0.226. The molecular weight excluding hydrogens is 519 g/mol. The minimum Gasteiger partial charge on any atom is -0.870 e. The molecule has 0 amide bonds. The van der Waals surface area contributed by atoms with E-state index in [9.17, 15) is 19.5 Å². The molecule has 0 spiro atoms. The molecule has 0 atom stereocenters. The van der Waals surface area contributed by atoms with E-state index in [1.54, 1.807) is 36.4 Å². The summed E-state index contributed by atoms with van der Waals surface area (Å²) in [5, 5.41) is 18.5. The maximum absolute atomic E-state index is 12.2. The maximum atomic E-state index is 12.2. The number of phenols is 2. The van der Waals surface area contributed by atoms with Crippen LogP contribution in [0, 0.1) is 0 Å². The van der Waals surface area contributed by atoms with Crippen molar-refractivity contribution in [3.63, 3.8) is 0 Å². The molecular formula is C32H27KO6. The first-order valence-electron chi connectivity index (χ1n) is 11.9. The molecule has 6 nitrogen and oxygen atoms in total. The minimum atomic E-state index is 0. The van der Waals surface area contributed by atoms with E-state index in [1.165, 1.54) is 0 Å². The number of Topliss-reactive ketones (excluding diaryl/α,β-unsaturated/α-hetero) is 2. The number of aromatic hydroxyl groups is 2. The van der Waals surface area contributed by atoms with Crippen molar-refractivity contribution < 1.29 is 81.5 Å². The molecule has 7 heteroatoms. The van der Waals surface area contributed by atoms with Crippen molar-refractivity contribution in [1.82, 2.24) is 0 Å². The Kier molecular flexibility index (Phi) is 12.7. The Hall–Kier alpha value is -3.17. The molecule has 3 N–H and O–H groups in total. The number of aldehydes is 1. The van der Waals surface area contributed by atoms with Gasteiger partial charge in [0.1, 0.15) is 17.8 Å². The summed E-state index contributed by atoms with van der Waals surface area (Å²) in [4.78, 5) is 33.3. The standard InChI is InChI=1S/C16H12O2.C9H8O2.C7H6O.K.H2O/c17-14-7-6-12-9-13(16(18)15(12)10-14)8-11-4-2-1-3-5-11;10-7-3-1-6-2-4-9(11)8(6)5-7;8-6-7-4-2-1-3-5-7;;/h1-8,10,17H,9H2;1,3,5,10H,2,4H2;1-6H;;1H2/q;;;+1;/p-1/b13-8-;;;;. The number of aryl methyl sites for hydroxylation is 1. The Morgan fingerprint density at radius 1 is 0.641 bits per heavy atom. The monoisotopic (exact) mass is 546 g/mol. The largest absolute Gasteiger partial charge is 1.00 e. The third-order valence-electron chi connectivity index (χ3n) is 6.10. The van der Waals surface area contributed by atoms with E-state index in [-0.39, 0.29) is 79.9 Å². The van der Waals surface area contributed by atoms with E-state index in [4.69, 9.17) is 5.11 Å². The normalized spacial score (nSPS) is 13.4. The molecule has 0 radical (unpaired) electrons. The zero-order chi connectivity index (χ0) is 26.2. The van der Waals surface area contributed by atoms with Gasteiger partial charge in [0, 0.05) is 35.1 Å². The fourth-order valence-electron chi connectivity index (χ4n) is 4.21. The first-order valence-corrected chi connectivity index (χ1v) is 11.9. The molecule has 4 aromatic carbocycles. The van der Waals surface area contributed by atoms with Crippen molar-refractivity contribution in [3.8, 4) is 11.5 Å². The van der Waals surface area contributed by atoms with Gasteiger partial charge in [-0.1, -0.05) is 72.8 Å². The van der Waals surface area contributed by atoms with Gasteiger partial charge in [0.25, 0.3) is 0 Å². The average Bonchev–Trinajstić information content (AvgIpc) is 3.44. The van der Waals surface area contributed by atoms with Gasteiger partial charge in [-0.15, -0.1) is 0 Å². The summed E-state index contributed by atoms with van der Waals surface area (Å²) in [5.41, 5.74) is 5.90. The van der Waals surface area contributed by atoms with E-state index in [0.29, 0.717) is 24.0 Å². The number of hydrogen-bond donors (Lipinski definition) is 2. The molecule has 0 fully saturated rings. The third-order valence-corrected chi connectivity index (χ3v) is 6.10. The number of phenolic OH excluding ortho intramolecular Hbond substituents is 2. The summed E-state index contributed by atoms with van der Waals surface area (Å²) >= 11 is 0. The Labute approximate surface area is 269 Å². The summed E-state index contributed by atoms with van der Waals surface area (Å²) in [6.07, 6.45) is 4.82. The summed E-state index contributed by atoms with van der Waals surface area (Å²) in [6, 6.07) is 28.9. The molecule has 0 saturated heterocycles. The molecule has 0 saturated carbocycles. The number of carbonyl (C=O) groups excluding carboxylic acids is 3. The fraction of sp³-hybridized carbons (Fsp3) is 0.0938. The summed E-state index contributed by atoms with van der Waals surface area (Å²) in [7, 11) is 0. The minimum absolute atomic E-state index is 0. The smallest absolute Gasteiger partial charge is 0.870 e. The second-order valence-electron chi connectivity index (χ2n) is 8.72. The van der Waals surface area contributed by atoms with E-state index in [0.717, 1.165) is 40.5 Å². The first-order chi connectivity index (χ1) is 17.9. The van der Waals surface area contributed by atoms with Crippen LogP contribution in [0.5, 0.6) is 11.5 Å². The maximum Gasteiger partial charge on any atom is 1.00 e. The molecule has 4 aromatic rings. The number of benzene rings is 4. The van der Waals surface area contributed by atoms with Crippen LogP contribution in [-0.2, 0) is 12.8 Å². The van der Waals surface area contributed by atoms with Gasteiger partial charge in [-0.3, -0.25) is 14.4 Å². The molecule has 2 aliphatic rings. The molecule has 192 valence electrons. The topological polar surface area (TPSA) is 122 Å². The van der Waals surface area contributed by atoms with Crippen LogP contribution in [0.25, 0.3) is 6.08 Å². The average molecular weight is 547 g/mol. The Morgan fingerprint density at radius 2 is 1.18 bits per heavy atom. The van der Waals surface area contributed by atoms with E-state index < -0.39 is 0 Å². The van der Waals surface area contributed by atoms with Gasteiger partial charge in [0.15, 0.2) is 11.6 Å². The third kappa shape index (κ3) is 8.66. The molecule has 0 aliphatic heterocycles. The van der Waals surface area contributed by atoms with Gasteiger partial charge >= 0.3 is 51.4 Å². The van der Waals surface area contributed by atoms with Crippen molar-refractivity contribution in [1.29, 1.82) is 0 Å². The van der Waals surface area contributed by atoms with Crippen LogP contribution < -0.4 is 51.4 Å². The molecule has 6 rings (SSSR count). The molecule has 0 unspecified atom stereocenters. The number of rotatable bonds is 2. The number of hydrogen-bond acceptors (Lipinski definition) is 6. The molecule has 0 aromatic heterocycles. The van der Waals surface area contributed by atoms with Crippen LogP contribution in [0.2, 0.25) is 0 Å². The number of allylic oxidation sites excluding steroid dienone is 1. The van der Waals surface area contributed by atoms with E-state index in [1.807, 2.05) is 66.7 Å². The van der Waals surface area contributed by atoms with Crippen molar-refractivity contribution in [2.45, 2.75) is 19.3 Å². The number of ketones is 2. The van der Waals surface area contributed by atoms with Crippen LogP contribution in [-0.4, -0.2) is 33.5 Å². The number of carbonyl (C=O) groups is 3. The molecule has 39 heavy (non-hydrogen) atoms. The predicted octanol–water partition coefficient (Wildman–Crippen LogP) is 3.06. The second-order valence-corrected chi connectivity index (χ2v) is 8.72. The van der Waals surface area contributed by atoms with Crippen LogP contribution in [0.3, 0.4) is 0 Å². The SMILES string of the molecule is O=C1/C(=C\c2ccccc2)Cc2ccc(O)cc21.O=C1CCc2ccc(O)cc21.O=Cc1ccccc1.[K+].[OH-]. The van der Waals surface area contributed by atoms with Gasteiger partial charge in [-0.25, -0.2) is 0 Å². The Balaban J connectivity index is 0.000000219. The second kappa shape index (κ2) is 15.4. The zero-order valence-corrected chi connectivity index (χ0v) is 24.7. The summed E-state index contributed by atoms with van der Waals surface area (Å²) < 4.78 is 0. The van der Waals surface area contributed by atoms with Crippen LogP contribution >= 0.6 is 0 Å². The zero-order valence-electron chi connectivity index (χ0n) is 21.6. The van der Waals surface area contributed by atoms with E-state index >= 15 is 0 Å². The summed E-state index contributed by atoms with van der Waals surface area (Å²) in [6.45, 7) is 0. The predicted molar refractivity (Wildman–Crippen MR) is 145 cm³/mol. The van der Waals surface area contributed by atoms with Gasteiger partial charge in [-0.2, -0.15) is 0 Å². The first kappa shape index (κ1) is 32.0. The van der Waals surface area contributed by atoms with Crippen molar-refractivity contribution >= 4 is 23.9 Å². The van der Waals surface area contributed by atoms with Crippen LogP contribution in [0.4, 0.5) is 0 Å². The van der Waals surface area contributed by atoms with Gasteiger partial charge in [-0.05, 0) is 53.5 Å². The molecule has 0 heterocycles. The van der Waals surface area contributed by atoms with Gasteiger partial charge < -0.3 is 15.7 Å². The van der Waals surface area contributed by atoms with Crippen molar-refractivity contribution in [2.75, 3.05) is 0 Å². The number of fused-ring (bicyclic) bond motifs is 2. The van der Waals surface area contributed by atoms with Crippen molar-refractivity contribution in [2.24, 2.45) is 0 Å². The van der Waals surface area contributed by atoms with E-state index in [2.05, 4.69) is 0 Å².